The predicted molar refractivity (Wildman–Crippen MR) is 138 cm³/mol. The van der Waals surface area contributed by atoms with Gasteiger partial charge in [-0.2, -0.15) is 0 Å². The van der Waals surface area contributed by atoms with Gasteiger partial charge in [-0.3, -0.25) is 9.59 Å². The second-order valence-corrected chi connectivity index (χ2v) is 9.14. The molecule has 0 aliphatic carbocycles. The second-order valence-electron chi connectivity index (χ2n) is 9.14. The minimum Gasteiger partial charge on any atom is -0.507 e. The van der Waals surface area contributed by atoms with Gasteiger partial charge in [0.1, 0.15) is 34.0 Å². The molecule has 1 aliphatic heterocycles. The molecule has 0 bridgehead atoms. The first-order valence-electron chi connectivity index (χ1n) is 11.8. The Bertz CT molecular complexity index is 1910. The number of phenols is 3. The van der Waals surface area contributed by atoms with Crippen molar-refractivity contribution >= 4 is 22.9 Å². The van der Waals surface area contributed by atoms with Gasteiger partial charge in [-0.15, -0.1) is 0 Å². The fourth-order valence-electron chi connectivity index (χ4n) is 4.76. The van der Waals surface area contributed by atoms with Gasteiger partial charge < -0.3 is 39.1 Å². The number of carbonyl (C=O) groups is 2. The van der Waals surface area contributed by atoms with E-state index in [4.69, 9.17) is 18.7 Å². The molecule has 200 valence electrons. The topological polar surface area (TPSA) is 188 Å². The van der Waals surface area contributed by atoms with Crippen molar-refractivity contribution in [2.45, 2.75) is 12.3 Å². The summed E-state index contributed by atoms with van der Waals surface area (Å²) in [5, 5.41) is 49.7. The Labute approximate surface area is 223 Å². The summed E-state index contributed by atoms with van der Waals surface area (Å²) in [4.78, 5) is 36.9. The number of phenolic OH excluding ortho intramolecular Hbond substituents is 3. The van der Waals surface area contributed by atoms with Crippen LogP contribution in [0.4, 0.5) is 0 Å². The number of aromatic hydroxyl groups is 4. The van der Waals surface area contributed by atoms with E-state index in [0.717, 1.165) is 18.2 Å². The van der Waals surface area contributed by atoms with E-state index in [1.54, 1.807) is 24.3 Å². The Morgan fingerprint density at radius 1 is 0.800 bits per heavy atom. The molecule has 0 unspecified atom stereocenters. The lowest BCUT2D eigenvalue weighted by Crippen LogP contribution is -2.21. The summed E-state index contributed by atoms with van der Waals surface area (Å²) in [5.74, 6) is -4.69. The number of esters is 1. The average molecular weight is 542 g/mol. The molecule has 0 fully saturated rings. The molecule has 2 aromatic heterocycles. The van der Waals surface area contributed by atoms with Crippen molar-refractivity contribution in [3.05, 3.63) is 87.8 Å². The molecule has 5 N–H and O–H groups in total. The van der Waals surface area contributed by atoms with Gasteiger partial charge >= 0.3 is 11.9 Å². The normalized spacial score (nSPS) is 14.6. The quantitative estimate of drug-likeness (QED) is 0.120. The number of carbonyl (C=O) groups excluding carboxylic acids is 1. The van der Waals surface area contributed by atoms with Gasteiger partial charge in [-0.05, 0) is 42.5 Å². The molecule has 0 spiro atoms. The Balaban J connectivity index is 1.54. The molecular formula is C29H18O11. The van der Waals surface area contributed by atoms with Crippen LogP contribution >= 0.6 is 0 Å². The number of hydrogen-bond acceptors (Lipinski definition) is 10. The lowest BCUT2D eigenvalue weighted by molar-refractivity contribution is -0.135. The van der Waals surface area contributed by atoms with E-state index in [2.05, 4.69) is 0 Å². The molecule has 5 aromatic rings. The van der Waals surface area contributed by atoms with Crippen LogP contribution in [0.5, 0.6) is 28.7 Å². The van der Waals surface area contributed by atoms with Crippen LogP contribution in [0, 0.1) is 0 Å². The van der Waals surface area contributed by atoms with Crippen molar-refractivity contribution in [2.24, 2.45) is 0 Å². The van der Waals surface area contributed by atoms with Crippen molar-refractivity contribution < 1.29 is 48.7 Å². The van der Waals surface area contributed by atoms with Gasteiger partial charge in [-0.25, -0.2) is 4.79 Å². The molecule has 0 radical (unpaired) electrons. The van der Waals surface area contributed by atoms with E-state index in [1.807, 2.05) is 0 Å². The van der Waals surface area contributed by atoms with Crippen LogP contribution in [0.2, 0.25) is 0 Å². The zero-order valence-corrected chi connectivity index (χ0v) is 20.2. The van der Waals surface area contributed by atoms with Gasteiger partial charge in [0.2, 0.25) is 11.2 Å². The summed E-state index contributed by atoms with van der Waals surface area (Å²) < 4.78 is 17.4. The van der Waals surface area contributed by atoms with E-state index >= 15 is 0 Å². The molecular weight excluding hydrogens is 524 g/mol. The van der Waals surface area contributed by atoms with Gasteiger partial charge in [0.25, 0.3) is 0 Å². The number of furan rings is 1. The first-order valence-corrected chi connectivity index (χ1v) is 11.8. The van der Waals surface area contributed by atoms with E-state index in [0.29, 0.717) is 17.1 Å². The average Bonchev–Trinajstić information content (AvgIpc) is 3.42. The van der Waals surface area contributed by atoms with Gasteiger partial charge in [0.05, 0.1) is 17.9 Å². The third-order valence-corrected chi connectivity index (χ3v) is 6.69. The van der Waals surface area contributed by atoms with Crippen LogP contribution in [-0.4, -0.2) is 37.5 Å². The molecule has 0 saturated heterocycles. The molecule has 3 aromatic carbocycles. The minimum atomic E-state index is -1.08. The van der Waals surface area contributed by atoms with Gasteiger partial charge in [0.15, 0.2) is 17.3 Å². The van der Waals surface area contributed by atoms with Crippen molar-refractivity contribution in [2.75, 3.05) is 0 Å². The van der Waals surface area contributed by atoms with E-state index < -0.39 is 46.3 Å². The lowest BCUT2D eigenvalue weighted by atomic mass is 9.88. The van der Waals surface area contributed by atoms with Crippen molar-refractivity contribution in [1.29, 1.82) is 0 Å². The molecule has 1 aliphatic rings. The molecule has 6 rings (SSSR count). The van der Waals surface area contributed by atoms with Crippen molar-refractivity contribution in [3.63, 3.8) is 0 Å². The highest BCUT2D eigenvalue weighted by molar-refractivity contribution is 5.94. The maximum absolute atomic E-state index is 13.2. The maximum Gasteiger partial charge on any atom is 0.335 e. The Hall–Kier alpha value is -5.71. The minimum absolute atomic E-state index is 0.0540. The van der Waals surface area contributed by atoms with E-state index in [1.165, 1.54) is 18.2 Å². The summed E-state index contributed by atoms with van der Waals surface area (Å²) in [6, 6.07) is 13.9. The second kappa shape index (κ2) is 8.95. The van der Waals surface area contributed by atoms with E-state index in [9.17, 15) is 34.8 Å². The summed E-state index contributed by atoms with van der Waals surface area (Å²) in [6.45, 7) is 0. The number of carboxylic acid groups (broad SMARTS) is 1. The molecule has 11 heteroatoms. The Morgan fingerprint density at radius 3 is 2.23 bits per heavy atom. The molecule has 0 saturated carbocycles. The van der Waals surface area contributed by atoms with E-state index in [-0.39, 0.29) is 45.6 Å². The molecule has 1 atom stereocenters. The Kier molecular flexibility index (Phi) is 5.51. The third kappa shape index (κ3) is 3.88. The number of rotatable bonds is 4. The van der Waals surface area contributed by atoms with Crippen LogP contribution in [-0.2, 0) is 4.79 Å². The SMILES string of the molecule is O=C1C[C@@H](c2ccc(-c3ccc(C(=O)O)cc3)o2)c2c(cc(O)c3c(=O)c(O)c(-c4ccc(O)c(O)c4)oc23)O1. The lowest BCUT2D eigenvalue weighted by Gasteiger charge is -2.24. The Morgan fingerprint density at radius 2 is 1.52 bits per heavy atom. The highest BCUT2D eigenvalue weighted by atomic mass is 16.5. The first-order chi connectivity index (χ1) is 19.1. The summed E-state index contributed by atoms with van der Waals surface area (Å²) in [6.07, 6.45) is -0.211. The standard InChI is InChI=1S/C29H18O11/c30-16-6-5-14(9-17(16)31)27-26(35)25(34)24-18(32)11-21-23(28(24)40-27)15(10-22(33)39-21)20-8-7-19(38-20)12-1-3-13(4-2-12)29(36)37/h1-9,11,15,30-32,35H,10H2,(H,36,37)/t15-/m0/s1. The monoisotopic (exact) mass is 542 g/mol. The molecule has 0 amide bonds. The highest BCUT2D eigenvalue weighted by Crippen LogP contribution is 2.48. The van der Waals surface area contributed by atoms with Crippen LogP contribution in [0.3, 0.4) is 0 Å². The first kappa shape index (κ1) is 24.6. The molecule has 11 nitrogen and oxygen atoms in total. The fourth-order valence-corrected chi connectivity index (χ4v) is 4.76. The van der Waals surface area contributed by atoms with Crippen LogP contribution in [0.1, 0.15) is 34.0 Å². The van der Waals surface area contributed by atoms with Gasteiger partial charge in [0, 0.05) is 22.8 Å². The largest absolute Gasteiger partial charge is 0.507 e. The zero-order chi connectivity index (χ0) is 28.3. The van der Waals surface area contributed by atoms with Crippen LogP contribution in [0.25, 0.3) is 33.6 Å². The smallest absolute Gasteiger partial charge is 0.335 e. The highest BCUT2D eigenvalue weighted by Gasteiger charge is 2.36. The number of aromatic carboxylic acids is 1. The number of hydrogen-bond donors (Lipinski definition) is 5. The summed E-state index contributed by atoms with van der Waals surface area (Å²) >= 11 is 0. The van der Waals surface area contributed by atoms with Crippen molar-refractivity contribution in [3.8, 4) is 51.4 Å². The number of carboxylic acids is 1. The third-order valence-electron chi connectivity index (χ3n) is 6.69. The summed E-state index contributed by atoms with van der Waals surface area (Å²) in [5.41, 5.74) is -0.215. The molecule has 3 heterocycles. The van der Waals surface area contributed by atoms with Crippen molar-refractivity contribution in [1.82, 2.24) is 0 Å². The number of fused-ring (bicyclic) bond motifs is 3. The van der Waals surface area contributed by atoms with Gasteiger partial charge in [-0.1, -0.05) is 12.1 Å². The zero-order valence-electron chi connectivity index (χ0n) is 20.2. The molecule has 40 heavy (non-hydrogen) atoms. The predicted octanol–water partition coefficient (Wildman–Crippen LogP) is 4.68. The summed E-state index contributed by atoms with van der Waals surface area (Å²) in [7, 11) is 0. The fraction of sp³-hybridized carbons (Fsp3) is 0.0690. The van der Waals surface area contributed by atoms with Crippen LogP contribution in [0.15, 0.2) is 74.3 Å². The number of benzene rings is 3. The van der Waals surface area contributed by atoms with Crippen LogP contribution < -0.4 is 10.2 Å². The number of ether oxygens (including phenoxy) is 1. The maximum atomic E-state index is 13.2.